The predicted molar refractivity (Wildman–Crippen MR) is 64.0 cm³/mol. The monoisotopic (exact) mass is 238 g/mol. The third-order valence-corrected chi connectivity index (χ3v) is 5.11. The van der Waals surface area contributed by atoms with Crippen LogP contribution >= 0.6 is 0 Å². The summed E-state index contributed by atoms with van der Waals surface area (Å²) in [5, 5.41) is 3.43. The first-order valence-electron chi connectivity index (χ1n) is 6.96. The summed E-state index contributed by atoms with van der Waals surface area (Å²) < 4.78 is 11.5. The first-order chi connectivity index (χ1) is 8.29. The van der Waals surface area contributed by atoms with E-state index in [1.807, 2.05) is 0 Å². The van der Waals surface area contributed by atoms with E-state index in [0.717, 1.165) is 32.9 Å². The molecular weight excluding hydrogens is 216 g/mol. The highest BCUT2D eigenvalue weighted by Crippen LogP contribution is 2.43. The first kappa shape index (κ1) is 10.7. The summed E-state index contributed by atoms with van der Waals surface area (Å²) >= 11 is 0. The number of hydrogen-bond donors (Lipinski definition) is 1. The fourth-order valence-electron chi connectivity index (χ4n) is 3.93. The Hall–Kier alpha value is -0.160. The molecule has 4 fully saturated rings. The molecule has 0 radical (unpaired) electrons. The van der Waals surface area contributed by atoms with Crippen molar-refractivity contribution in [2.75, 3.05) is 46.0 Å². The molecule has 0 aromatic carbocycles. The van der Waals surface area contributed by atoms with Gasteiger partial charge in [-0.3, -0.25) is 4.90 Å². The highest BCUT2D eigenvalue weighted by Gasteiger charge is 2.53. The minimum Gasteiger partial charge on any atom is -0.380 e. The highest BCUT2D eigenvalue weighted by atomic mass is 16.5. The maximum Gasteiger partial charge on any atom is 0.0723 e. The van der Waals surface area contributed by atoms with Crippen molar-refractivity contribution in [1.82, 2.24) is 10.2 Å². The van der Waals surface area contributed by atoms with Crippen LogP contribution in [0, 0.1) is 5.41 Å². The number of hydrogen-bond acceptors (Lipinski definition) is 4. The number of rotatable bonds is 1. The molecule has 0 bridgehead atoms. The van der Waals surface area contributed by atoms with E-state index in [2.05, 4.69) is 10.2 Å². The molecule has 0 aliphatic carbocycles. The summed E-state index contributed by atoms with van der Waals surface area (Å²) in [4.78, 5) is 2.62. The third-order valence-electron chi connectivity index (χ3n) is 5.11. The standard InChI is InChI=1S/C13H22N2O2/c1-3-14-4-2-13(1)5-11(6-17-13)15-7-12(8-15)9-16-10-12/h11,14H,1-10H2. The average Bonchev–Trinajstić information content (AvgIpc) is 2.59. The molecule has 1 unspecified atom stereocenters. The lowest BCUT2D eigenvalue weighted by molar-refractivity contribution is -0.197. The second-order valence-corrected chi connectivity index (χ2v) is 6.50. The molecule has 4 aliphatic rings. The van der Waals surface area contributed by atoms with Crippen LogP contribution in [0.5, 0.6) is 0 Å². The van der Waals surface area contributed by atoms with Gasteiger partial charge >= 0.3 is 0 Å². The molecular formula is C13H22N2O2. The summed E-state index contributed by atoms with van der Waals surface area (Å²) in [7, 11) is 0. The van der Waals surface area contributed by atoms with Gasteiger partial charge in [0.1, 0.15) is 0 Å². The molecule has 1 N–H and O–H groups in total. The zero-order chi connectivity index (χ0) is 11.3. The van der Waals surface area contributed by atoms with Crippen LogP contribution in [-0.4, -0.2) is 62.5 Å². The van der Waals surface area contributed by atoms with Crippen molar-refractivity contribution in [3.8, 4) is 0 Å². The number of nitrogens with zero attached hydrogens (tertiary/aromatic N) is 1. The highest BCUT2D eigenvalue weighted by molar-refractivity contribution is 5.05. The number of nitrogens with one attached hydrogen (secondary N) is 1. The van der Waals surface area contributed by atoms with Crippen LogP contribution in [0.1, 0.15) is 19.3 Å². The van der Waals surface area contributed by atoms with Crippen LogP contribution < -0.4 is 5.32 Å². The lowest BCUT2D eigenvalue weighted by Gasteiger charge is -2.57. The molecule has 0 aromatic rings. The van der Waals surface area contributed by atoms with Crippen LogP contribution in [0.25, 0.3) is 0 Å². The largest absolute Gasteiger partial charge is 0.380 e. The molecule has 4 heterocycles. The van der Waals surface area contributed by atoms with Gasteiger partial charge in [0, 0.05) is 24.5 Å². The Morgan fingerprint density at radius 1 is 1.12 bits per heavy atom. The molecule has 2 spiro atoms. The smallest absolute Gasteiger partial charge is 0.0723 e. The quantitative estimate of drug-likeness (QED) is 0.709. The van der Waals surface area contributed by atoms with Crippen molar-refractivity contribution >= 4 is 0 Å². The van der Waals surface area contributed by atoms with E-state index in [0.29, 0.717) is 11.5 Å². The van der Waals surface area contributed by atoms with Gasteiger partial charge in [-0.15, -0.1) is 0 Å². The Morgan fingerprint density at radius 2 is 1.88 bits per heavy atom. The molecule has 1 atom stereocenters. The lowest BCUT2D eigenvalue weighted by atomic mass is 9.76. The summed E-state index contributed by atoms with van der Waals surface area (Å²) in [6.45, 7) is 7.69. The van der Waals surface area contributed by atoms with E-state index in [1.165, 1.54) is 32.4 Å². The number of piperidine rings is 1. The van der Waals surface area contributed by atoms with E-state index in [4.69, 9.17) is 9.47 Å². The third kappa shape index (κ3) is 1.65. The molecule has 96 valence electrons. The molecule has 4 nitrogen and oxygen atoms in total. The van der Waals surface area contributed by atoms with Crippen molar-refractivity contribution in [2.45, 2.75) is 30.9 Å². The second-order valence-electron chi connectivity index (χ2n) is 6.50. The number of ether oxygens (including phenoxy) is 2. The fourth-order valence-corrected chi connectivity index (χ4v) is 3.93. The fraction of sp³-hybridized carbons (Fsp3) is 1.00. The van der Waals surface area contributed by atoms with Gasteiger partial charge in [0.05, 0.1) is 25.4 Å². The van der Waals surface area contributed by atoms with Crippen molar-refractivity contribution in [3.63, 3.8) is 0 Å². The van der Waals surface area contributed by atoms with Crippen LogP contribution in [0.15, 0.2) is 0 Å². The topological polar surface area (TPSA) is 33.7 Å². The van der Waals surface area contributed by atoms with Gasteiger partial charge in [0.2, 0.25) is 0 Å². The van der Waals surface area contributed by atoms with Crippen molar-refractivity contribution in [2.24, 2.45) is 5.41 Å². The Bertz CT molecular complexity index is 303. The van der Waals surface area contributed by atoms with Gasteiger partial charge in [-0.2, -0.15) is 0 Å². The summed E-state index contributed by atoms with van der Waals surface area (Å²) in [6, 6.07) is 0.680. The molecule has 4 rings (SSSR count). The molecule has 4 heteroatoms. The van der Waals surface area contributed by atoms with Crippen molar-refractivity contribution in [1.29, 1.82) is 0 Å². The van der Waals surface area contributed by atoms with E-state index >= 15 is 0 Å². The summed E-state index contributed by atoms with van der Waals surface area (Å²) in [5.41, 5.74) is 0.763. The maximum atomic E-state index is 6.16. The molecule has 0 aromatic heterocycles. The van der Waals surface area contributed by atoms with Gasteiger partial charge in [-0.05, 0) is 32.4 Å². The normalized spacial score (nSPS) is 39.2. The molecule has 4 aliphatic heterocycles. The minimum absolute atomic E-state index is 0.217. The van der Waals surface area contributed by atoms with Gasteiger partial charge in [0.15, 0.2) is 0 Å². The van der Waals surface area contributed by atoms with Crippen molar-refractivity contribution < 1.29 is 9.47 Å². The van der Waals surface area contributed by atoms with Gasteiger partial charge in [-0.25, -0.2) is 0 Å². The van der Waals surface area contributed by atoms with Crippen molar-refractivity contribution in [3.05, 3.63) is 0 Å². The van der Waals surface area contributed by atoms with E-state index in [1.54, 1.807) is 0 Å². The molecule has 0 amide bonds. The SMILES string of the molecule is C1CC2(CCN1)CC(N1CC3(COC3)C1)CO2. The van der Waals surface area contributed by atoms with E-state index < -0.39 is 0 Å². The van der Waals surface area contributed by atoms with E-state index in [-0.39, 0.29) is 5.60 Å². The number of likely N-dealkylation sites (tertiary alicyclic amines) is 1. The molecule has 17 heavy (non-hydrogen) atoms. The second kappa shape index (κ2) is 3.67. The Kier molecular flexibility index (Phi) is 2.32. The van der Waals surface area contributed by atoms with E-state index in [9.17, 15) is 0 Å². The predicted octanol–water partition coefficient (Wildman–Crippen LogP) is 0.230. The van der Waals surface area contributed by atoms with Gasteiger partial charge < -0.3 is 14.8 Å². The zero-order valence-corrected chi connectivity index (χ0v) is 10.4. The zero-order valence-electron chi connectivity index (χ0n) is 10.4. The maximum absolute atomic E-state index is 6.16. The first-order valence-corrected chi connectivity index (χ1v) is 6.96. The van der Waals surface area contributed by atoms with Crippen LogP contribution in [-0.2, 0) is 9.47 Å². The molecule has 0 saturated carbocycles. The average molecular weight is 238 g/mol. The Labute approximate surface area is 103 Å². The van der Waals surface area contributed by atoms with Gasteiger partial charge in [-0.1, -0.05) is 0 Å². The minimum atomic E-state index is 0.217. The van der Waals surface area contributed by atoms with Crippen LogP contribution in [0.3, 0.4) is 0 Å². The molecule has 4 saturated heterocycles. The summed E-state index contributed by atoms with van der Waals surface area (Å²) in [6.07, 6.45) is 3.66. The summed E-state index contributed by atoms with van der Waals surface area (Å²) in [5.74, 6) is 0. The Balaban J connectivity index is 1.35. The Morgan fingerprint density at radius 3 is 2.53 bits per heavy atom. The van der Waals surface area contributed by atoms with Gasteiger partial charge in [0.25, 0.3) is 0 Å². The van der Waals surface area contributed by atoms with Crippen LogP contribution in [0.4, 0.5) is 0 Å². The lowest BCUT2D eigenvalue weighted by Crippen LogP contribution is -2.68. The van der Waals surface area contributed by atoms with Crippen LogP contribution in [0.2, 0.25) is 0 Å².